The molecule has 0 aliphatic rings. The number of thiophene rings is 1. The van der Waals surface area contributed by atoms with Crippen molar-refractivity contribution in [3.63, 3.8) is 0 Å². The maximum absolute atomic E-state index is 2.40. The summed E-state index contributed by atoms with van der Waals surface area (Å²) in [4.78, 5) is 0. The minimum absolute atomic E-state index is 1.24. The summed E-state index contributed by atoms with van der Waals surface area (Å²) < 4.78 is 2.66. The lowest BCUT2D eigenvalue weighted by atomic mass is 9.87. The maximum atomic E-state index is 2.40. The molecule has 0 aliphatic heterocycles. The predicted octanol–water partition coefficient (Wildman–Crippen LogP) is 13.6. The lowest BCUT2D eigenvalue weighted by Gasteiger charge is -2.17. The number of hydrogen-bond acceptors (Lipinski definition) is 1. The first kappa shape index (κ1) is 26.5. The van der Waals surface area contributed by atoms with Crippen molar-refractivity contribution in [2.45, 2.75) is 0 Å². The van der Waals surface area contributed by atoms with E-state index in [1.54, 1.807) is 0 Å². The van der Waals surface area contributed by atoms with Crippen molar-refractivity contribution >= 4 is 63.8 Å². The molecule has 0 fully saturated rings. The molecule has 0 bridgehead atoms. The van der Waals surface area contributed by atoms with Gasteiger partial charge in [-0.1, -0.05) is 158 Å². The molecule has 10 aromatic rings. The Balaban J connectivity index is 1.11. The molecule has 0 unspecified atom stereocenters. The van der Waals surface area contributed by atoms with Crippen molar-refractivity contribution in [1.29, 1.82) is 0 Å². The third-order valence-corrected chi connectivity index (χ3v) is 11.0. The molecular weight excluding hydrogens is 585 g/mol. The van der Waals surface area contributed by atoms with Gasteiger partial charge in [0.2, 0.25) is 0 Å². The maximum Gasteiger partial charge on any atom is 0.0361 e. The Morgan fingerprint density at radius 3 is 1.28 bits per heavy atom. The van der Waals surface area contributed by atoms with Gasteiger partial charge in [-0.2, -0.15) is 0 Å². The van der Waals surface area contributed by atoms with Crippen LogP contribution >= 0.6 is 11.3 Å². The van der Waals surface area contributed by atoms with Crippen LogP contribution in [0.3, 0.4) is 0 Å². The highest BCUT2D eigenvalue weighted by molar-refractivity contribution is 7.25. The van der Waals surface area contributed by atoms with Crippen molar-refractivity contribution in [1.82, 2.24) is 0 Å². The summed E-state index contributed by atoms with van der Waals surface area (Å²) in [6.07, 6.45) is 0. The van der Waals surface area contributed by atoms with Crippen LogP contribution in [0, 0.1) is 0 Å². The topological polar surface area (TPSA) is 0 Å². The van der Waals surface area contributed by atoms with Crippen molar-refractivity contribution < 1.29 is 0 Å². The van der Waals surface area contributed by atoms with Crippen LogP contribution in [0.2, 0.25) is 0 Å². The average Bonchev–Trinajstić information content (AvgIpc) is 3.51. The second kappa shape index (κ2) is 10.4. The number of hydrogen-bond donors (Lipinski definition) is 0. The van der Waals surface area contributed by atoms with E-state index in [9.17, 15) is 0 Å². The van der Waals surface area contributed by atoms with Crippen LogP contribution in [0.5, 0.6) is 0 Å². The molecule has 1 heteroatoms. The SMILES string of the molecule is c1ccc(-c2ccc(-c3ccc4ccc5c(-c6ccc7c(c6)sc6cc(-c8ccccc8)ccc67)ccc6ccc3c4c65)cc2)cc1. The predicted molar refractivity (Wildman–Crippen MR) is 205 cm³/mol. The van der Waals surface area contributed by atoms with Gasteiger partial charge >= 0.3 is 0 Å². The Bertz CT molecular complexity index is 2750. The van der Waals surface area contributed by atoms with Gasteiger partial charge in [0.1, 0.15) is 0 Å². The minimum atomic E-state index is 1.24. The van der Waals surface area contributed by atoms with Gasteiger partial charge in [0, 0.05) is 20.2 Å². The molecule has 0 N–H and O–H groups in total. The molecule has 0 saturated heterocycles. The molecule has 9 aromatic carbocycles. The van der Waals surface area contributed by atoms with E-state index in [2.05, 4.69) is 170 Å². The highest BCUT2D eigenvalue weighted by Crippen LogP contribution is 2.44. The second-order valence-electron chi connectivity index (χ2n) is 12.5. The third-order valence-electron chi connectivity index (χ3n) is 9.86. The molecule has 0 nitrogen and oxygen atoms in total. The zero-order valence-electron chi connectivity index (χ0n) is 25.6. The van der Waals surface area contributed by atoms with Crippen LogP contribution in [0.1, 0.15) is 0 Å². The van der Waals surface area contributed by atoms with E-state index >= 15 is 0 Å². The van der Waals surface area contributed by atoms with Gasteiger partial charge in [-0.15, -0.1) is 11.3 Å². The molecule has 0 spiro atoms. The van der Waals surface area contributed by atoms with Crippen LogP contribution in [0.15, 0.2) is 170 Å². The largest absolute Gasteiger partial charge is 0.135 e. The van der Waals surface area contributed by atoms with Crippen LogP contribution < -0.4 is 0 Å². The summed E-state index contributed by atoms with van der Waals surface area (Å²) >= 11 is 1.89. The van der Waals surface area contributed by atoms with E-state index in [1.165, 1.54) is 97.0 Å². The standard InChI is InChI=1S/C46H28S/c1-3-7-29(8-4-1)31-11-13-32(14-12-31)37-21-15-33-18-26-42-38(22-16-34-17-25-41(37)45(33)46(34)42)36-20-24-40-39-23-19-35(30-9-5-2-6-10-30)27-43(39)47-44(40)28-36/h1-28H. The summed E-state index contributed by atoms with van der Waals surface area (Å²) in [5, 5.41) is 10.5. The first-order valence-corrected chi connectivity index (χ1v) is 17.0. The summed E-state index contributed by atoms with van der Waals surface area (Å²) in [7, 11) is 0. The fourth-order valence-electron chi connectivity index (χ4n) is 7.53. The van der Waals surface area contributed by atoms with Gasteiger partial charge in [-0.3, -0.25) is 0 Å². The molecule has 0 atom stereocenters. The van der Waals surface area contributed by atoms with E-state index in [1.807, 2.05) is 11.3 Å². The Kier molecular flexibility index (Phi) is 5.85. The van der Waals surface area contributed by atoms with Crippen LogP contribution in [0.4, 0.5) is 0 Å². The number of fused-ring (bicyclic) bond motifs is 3. The second-order valence-corrected chi connectivity index (χ2v) is 13.6. The Morgan fingerprint density at radius 2 is 0.681 bits per heavy atom. The molecular formula is C46H28S. The van der Waals surface area contributed by atoms with E-state index < -0.39 is 0 Å². The molecule has 0 amide bonds. The quantitative estimate of drug-likeness (QED) is 0.173. The normalized spacial score (nSPS) is 11.8. The Labute approximate surface area is 277 Å². The molecule has 1 aromatic heterocycles. The van der Waals surface area contributed by atoms with Crippen molar-refractivity contribution in [3.05, 3.63) is 170 Å². The summed E-state index contributed by atoms with van der Waals surface area (Å²) in [5.74, 6) is 0. The molecule has 218 valence electrons. The summed E-state index contributed by atoms with van der Waals surface area (Å²) in [6, 6.07) is 62.7. The first-order valence-electron chi connectivity index (χ1n) is 16.2. The number of benzene rings is 9. The van der Waals surface area contributed by atoms with Crippen LogP contribution in [0.25, 0.3) is 97.0 Å². The van der Waals surface area contributed by atoms with E-state index in [0.717, 1.165) is 0 Å². The summed E-state index contributed by atoms with van der Waals surface area (Å²) in [5.41, 5.74) is 10.1. The highest BCUT2D eigenvalue weighted by atomic mass is 32.1. The Hall–Kier alpha value is -5.76. The zero-order chi connectivity index (χ0) is 30.9. The van der Waals surface area contributed by atoms with Crippen LogP contribution in [-0.2, 0) is 0 Å². The smallest absolute Gasteiger partial charge is 0.0361 e. The van der Waals surface area contributed by atoms with E-state index in [-0.39, 0.29) is 0 Å². The lowest BCUT2D eigenvalue weighted by molar-refractivity contribution is 1.61. The molecule has 0 aliphatic carbocycles. The lowest BCUT2D eigenvalue weighted by Crippen LogP contribution is -1.89. The molecule has 0 saturated carbocycles. The van der Waals surface area contributed by atoms with Crippen molar-refractivity contribution in [2.24, 2.45) is 0 Å². The molecule has 0 radical (unpaired) electrons. The van der Waals surface area contributed by atoms with Gasteiger partial charge in [0.05, 0.1) is 0 Å². The summed E-state index contributed by atoms with van der Waals surface area (Å²) in [6.45, 7) is 0. The van der Waals surface area contributed by atoms with Gasteiger partial charge < -0.3 is 0 Å². The number of rotatable bonds is 4. The van der Waals surface area contributed by atoms with Gasteiger partial charge in [-0.05, 0) is 89.0 Å². The van der Waals surface area contributed by atoms with Crippen LogP contribution in [-0.4, -0.2) is 0 Å². The third kappa shape index (κ3) is 4.21. The monoisotopic (exact) mass is 612 g/mol. The fourth-order valence-corrected chi connectivity index (χ4v) is 8.72. The average molecular weight is 613 g/mol. The van der Waals surface area contributed by atoms with E-state index in [4.69, 9.17) is 0 Å². The van der Waals surface area contributed by atoms with Crippen molar-refractivity contribution in [3.8, 4) is 44.5 Å². The van der Waals surface area contributed by atoms with Gasteiger partial charge in [0.25, 0.3) is 0 Å². The highest BCUT2D eigenvalue weighted by Gasteiger charge is 2.16. The molecule has 47 heavy (non-hydrogen) atoms. The van der Waals surface area contributed by atoms with Gasteiger partial charge in [-0.25, -0.2) is 0 Å². The molecule has 1 heterocycles. The van der Waals surface area contributed by atoms with Crippen molar-refractivity contribution in [2.75, 3.05) is 0 Å². The zero-order valence-corrected chi connectivity index (χ0v) is 26.4. The Morgan fingerprint density at radius 1 is 0.277 bits per heavy atom. The minimum Gasteiger partial charge on any atom is -0.135 e. The van der Waals surface area contributed by atoms with Gasteiger partial charge in [0.15, 0.2) is 0 Å². The first-order chi connectivity index (χ1) is 23.3. The fraction of sp³-hybridized carbons (Fsp3) is 0. The molecule has 10 rings (SSSR count). The van der Waals surface area contributed by atoms with E-state index in [0.29, 0.717) is 0 Å².